The molecule has 0 bridgehead atoms. The molecule has 3 heterocycles. The van der Waals surface area contributed by atoms with Gasteiger partial charge in [-0.1, -0.05) is 24.8 Å². The molecule has 1 aliphatic rings. The van der Waals surface area contributed by atoms with Crippen molar-refractivity contribution in [3.63, 3.8) is 0 Å². The van der Waals surface area contributed by atoms with E-state index in [9.17, 15) is 0 Å². The quantitative estimate of drug-likeness (QED) is 0.823. The van der Waals surface area contributed by atoms with Gasteiger partial charge in [-0.05, 0) is 25.1 Å². The van der Waals surface area contributed by atoms with Crippen LogP contribution in [0.2, 0.25) is 0 Å². The van der Waals surface area contributed by atoms with Gasteiger partial charge in [-0.15, -0.1) is 0 Å². The number of thioether (sulfide) groups is 1. The molecule has 1 fully saturated rings. The maximum atomic E-state index is 5.25. The lowest BCUT2D eigenvalue weighted by molar-refractivity contribution is 0.0454. The molecule has 1 aliphatic heterocycles. The second kappa shape index (κ2) is 5.94. The third-order valence-corrected chi connectivity index (χ3v) is 4.35. The van der Waals surface area contributed by atoms with Crippen LogP contribution < -0.4 is 5.32 Å². The van der Waals surface area contributed by atoms with Crippen molar-refractivity contribution in [2.24, 2.45) is 0 Å². The van der Waals surface area contributed by atoms with Gasteiger partial charge < -0.3 is 14.5 Å². The number of rotatable bonds is 6. The van der Waals surface area contributed by atoms with Gasteiger partial charge in [0, 0.05) is 12.7 Å². The third-order valence-electron chi connectivity index (χ3n) is 3.20. The number of nitrogens with one attached hydrogen (secondary N) is 1. The minimum Gasteiger partial charge on any atom is -0.379 e. The fraction of sp³-hybridized carbons (Fsp3) is 0.500. The predicted octanol–water partition coefficient (Wildman–Crippen LogP) is 2.32. The van der Waals surface area contributed by atoms with Crippen LogP contribution in [-0.2, 0) is 11.3 Å². The minimum atomic E-state index is 0.565. The van der Waals surface area contributed by atoms with Gasteiger partial charge in [-0.2, -0.15) is 0 Å². The van der Waals surface area contributed by atoms with Crippen molar-refractivity contribution in [1.82, 2.24) is 14.7 Å². The van der Waals surface area contributed by atoms with Crippen molar-refractivity contribution in [2.75, 3.05) is 19.8 Å². The summed E-state index contributed by atoms with van der Waals surface area (Å²) in [6, 6.07) is 6.15. The molecule has 0 unspecified atom stereocenters. The Labute approximate surface area is 117 Å². The Morgan fingerprint density at radius 2 is 2.37 bits per heavy atom. The van der Waals surface area contributed by atoms with Crippen molar-refractivity contribution in [3.8, 4) is 0 Å². The van der Waals surface area contributed by atoms with Gasteiger partial charge >= 0.3 is 0 Å². The Bertz CT molecular complexity index is 551. The zero-order valence-corrected chi connectivity index (χ0v) is 11.9. The molecule has 2 aromatic rings. The van der Waals surface area contributed by atoms with Crippen molar-refractivity contribution < 1.29 is 4.74 Å². The summed E-state index contributed by atoms with van der Waals surface area (Å²) in [5, 5.41) is 5.18. The van der Waals surface area contributed by atoms with E-state index in [2.05, 4.69) is 35.0 Å². The summed E-state index contributed by atoms with van der Waals surface area (Å²) in [5.41, 5.74) is 2.29. The smallest absolute Gasteiger partial charge is 0.138 e. The highest BCUT2D eigenvalue weighted by Gasteiger charge is 2.23. The summed E-state index contributed by atoms with van der Waals surface area (Å²) >= 11 is 1.84. The average molecular weight is 277 g/mol. The van der Waals surface area contributed by atoms with Gasteiger partial charge in [0.25, 0.3) is 0 Å². The summed E-state index contributed by atoms with van der Waals surface area (Å²) in [7, 11) is 0. The van der Waals surface area contributed by atoms with Gasteiger partial charge in [0.05, 0.1) is 24.2 Å². The van der Waals surface area contributed by atoms with Crippen molar-refractivity contribution in [3.05, 3.63) is 30.1 Å². The fourth-order valence-electron chi connectivity index (χ4n) is 2.10. The molecule has 0 atom stereocenters. The first kappa shape index (κ1) is 13.0. The number of nitrogens with zero attached hydrogens (tertiary/aromatic N) is 2. The zero-order valence-electron chi connectivity index (χ0n) is 11.1. The van der Waals surface area contributed by atoms with Crippen LogP contribution in [-0.4, -0.2) is 34.4 Å². The number of hydrogen-bond acceptors (Lipinski definition) is 4. The number of pyridine rings is 1. The lowest BCUT2D eigenvalue weighted by atomic mass is 10.4. The molecule has 0 aromatic carbocycles. The van der Waals surface area contributed by atoms with E-state index in [1.807, 2.05) is 17.8 Å². The van der Waals surface area contributed by atoms with Crippen LogP contribution in [0.4, 0.5) is 0 Å². The predicted molar refractivity (Wildman–Crippen MR) is 77.7 cm³/mol. The Kier molecular flexibility index (Phi) is 4.06. The van der Waals surface area contributed by atoms with E-state index < -0.39 is 0 Å². The molecule has 1 N–H and O–H groups in total. The number of hydrogen-bond donors (Lipinski definition) is 1. The molecule has 1 saturated heterocycles. The number of imidazole rings is 1. The van der Waals surface area contributed by atoms with Crippen LogP contribution in [0.1, 0.15) is 19.0 Å². The van der Waals surface area contributed by atoms with Crippen LogP contribution in [0, 0.1) is 0 Å². The number of aromatic nitrogens is 2. The summed E-state index contributed by atoms with van der Waals surface area (Å²) in [6.45, 7) is 5.79. The van der Waals surface area contributed by atoms with Crippen LogP contribution in [0.3, 0.4) is 0 Å². The number of fused-ring (bicyclic) bond motifs is 1. The largest absolute Gasteiger partial charge is 0.379 e. The molecule has 5 heteroatoms. The normalized spacial score (nSPS) is 15.8. The Balaban J connectivity index is 1.86. The van der Waals surface area contributed by atoms with E-state index in [1.54, 1.807) is 0 Å². The van der Waals surface area contributed by atoms with Crippen LogP contribution in [0.15, 0.2) is 29.4 Å². The van der Waals surface area contributed by atoms with Crippen LogP contribution in [0.25, 0.3) is 5.65 Å². The van der Waals surface area contributed by atoms with Crippen molar-refractivity contribution in [1.29, 1.82) is 0 Å². The van der Waals surface area contributed by atoms with E-state index in [-0.39, 0.29) is 0 Å². The first-order valence-electron chi connectivity index (χ1n) is 6.79. The monoisotopic (exact) mass is 277 g/mol. The molecular formula is C14H19N3OS. The van der Waals surface area contributed by atoms with Gasteiger partial charge in [-0.25, -0.2) is 4.98 Å². The maximum absolute atomic E-state index is 5.25. The highest BCUT2D eigenvalue weighted by Crippen LogP contribution is 2.30. The summed E-state index contributed by atoms with van der Waals surface area (Å²) < 4.78 is 7.43. The Morgan fingerprint density at radius 3 is 3.11 bits per heavy atom. The van der Waals surface area contributed by atoms with Gasteiger partial charge in [-0.3, -0.25) is 0 Å². The fourth-order valence-corrected chi connectivity index (χ4v) is 3.20. The first-order valence-corrected chi connectivity index (χ1v) is 7.67. The highest BCUT2D eigenvalue weighted by molar-refractivity contribution is 8.00. The topological polar surface area (TPSA) is 38.6 Å². The standard InChI is InChI=1S/C14H19N3OS/c1-2-6-15-8-12-14(19-11-9-18-10-11)16-13-5-3-4-7-17(12)13/h3-5,7,11,15H,2,6,8-10H2,1H3. The molecular weight excluding hydrogens is 258 g/mol. The Morgan fingerprint density at radius 1 is 1.47 bits per heavy atom. The summed E-state index contributed by atoms with van der Waals surface area (Å²) in [5.74, 6) is 0. The molecule has 0 spiro atoms. The van der Waals surface area contributed by atoms with Gasteiger partial charge in [0.1, 0.15) is 10.7 Å². The van der Waals surface area contributed by atoms with E-state index in [4.69, 9.17) is 9.72 Å². The van der Waals surface area contributed by atoms with Gasteiger partial charge in [0.2, 0.25) is 0 Å². The van der Waals surface area contributed by atoms with Crippen LogP contribution >= 0.6 is 11.8 Å². The first-order chi connectivity index (χ1) is 9.38. The lowest BCUT2D eigenvalue weighted by Gasteiger charge is -2.24. The van der Waals surface area contributed by atoms with Crippen LogP contribution in [0.5, 0.6) is 0 Å². The van der Waals surface area contributed by atoms with Crippen molar-refractivity contribution >= 4 is 17.4 Å². The lowest BCUT2D eigenvalue weighted by Crippen LogP contribution is -2.30. The molecule has 0 radical (unpaired) electrons. The molecule has 4 nitrogen and oxygen atoms in total. The van der Waals surface area contributed by atoms with E-state index in [0.29, 0.717) is 5.25 Å². The summed E-state index contributed by atoms with van der Waals surface area (Å²) in [4.78, 5) is 4.74. The van der Waals surface area contributed by atoms with E-state index in [1.165, 1.54) is 5.69 Å². The van der Waals surface area contributed by atoms with E-state index in [0.717, 1.165) is 43.4 Å². The minimum absolute atomic E-state index is 0.565. The number of ether oxygens (including phenoxy) is 1. The highest BCUT2D eigenvalue weighted by atomic mass is 32.2. The molecule has 2 aromatic heterocycles. The average Bonchev–Trinajstić information content (AvgIpc) is 2.73. The third kappa shape index (κ3) is 2.78. The molecule has 3 rings (SSSR count). The SMILES string of the molecule is CCCNCc1c(SC2COC2)nc2ccccn12. The molecule has 102 valence electrons. The molecule has 0 saturated carbocycles. The maximum Gasteiger partial charge on any atom is 0.138 e. The van der Waals surface area contributed by atoms with E-state index >= 15 is 0 Å². The molecule has 0 amide bonds. The summed E-state index contributed by atoms with van der Waals surface area (Å²) in [6.07, 6.45) is 3.24. The van der Waals surface area contributed by atoms with Crippen molar-refractivity contribution in [2.45, 2.75) is 30.2 Å². The second-order valence-corrected chi connectivity index (χ2v) is 6.04. The van der Waals surface area contributed by atoms with Gasteiger partial charge in [0.15, 0.2) is 0 Å². The molecule has 19 heavy (non-hydrogen) atoms. The zero-order chi connectivity index (χ0) is 13.1. The Hall–Kier alpha value is -1.04. The second-order valence-electron chi connectivity index (χ2n) is 4.75. The molecule has 0 aliphatic carbocycles.